The summed E-state index contributed by atoms with van der Waals surface area (Å²) in [7, 11) is 0. The first-order valence-electron chi connectivity index (χ1n) is 5.30. The van der Waals surface area contributed by atoms with Crippen LogP contribution in [-0.4, -0.2) is 31.9 Å². The van der Waals surface area contributed by atoms with Crippen LogP contribution in [0, 0.1) is 0 Å². The lowest BCUT2D eigenvalue weighted by Crippen LogP contribution is -2.06. The maximum absolute atomic E-state index is 8.71. The molecule has 5 nitrogen and oxygen atoms in total. The van der Waals surface area contributed by atoms with Gasteiger partial charge in [0.05, 0.1) is 13.2 Å². The predicted molar refractivity (Wildman–Crippen MR) is 58.8 cm³/mol. The maximum atomic E-state index is 8.71. The summed E-state index contributed by atoms with van der Waals surface area (Å²) >= 11 is 0. The summed E-state index contributed by atoms with van der Waals surface area (Å²) in [6.07, 6.45) is 1.68. The standard InChI is InChI=1S/C11H14N4O/c16-9-8-15-13-11(12-14-15)7-6-10-4-2-1-3-5-10/h1-5,16H,6-9H2. The minimum Gasteiger partial charge on any atom is -0.394 e. The zero-order valence-corrected chi connectivity index (χ0v) is 8.95. The van der Waals surface area contributed by atoms with Crippen molar-refractivity contribution in [3.63, 3.8) is 0 Å². The van der Waals surface area contributed by atoms with Crippen LogP contribution in [0.3, 0.4) is 0 Å². The summed E-state index contributed by atoms with van der Waals surface area (Å²) in [5, 5.41) is 20.6. The molecule has 84 valence electrons. The smallest absolute Gasteiger partial charge is 0.175 e. The van der Waals surface area contributed by atoms with Crippen molar-refractivity contribution in [2.75, 3.05) is 6.61 Å². The van der Waals surface area contributed by atoms with Gasteiger partial charge >= 0.3 is 0 Å². The number of hydrogen-bond donors (Lipinski definition) is 1. The molecule has 0 atom stereocenters. The Morgan fingerprint density at radius 1 is 1.12 bits per heavy atom. The third-order valence-electron chi connectivity index (χ3n) is 2.27. The summed E-state index contributed by atoms with van der Waals surface area (Å²) in [5.74, 6) is 0.720. The molecule has 0 saturated carbocycles. The molecule has 0 amide bonds. The number of aliphatic hydroxyl groups excluding tert-OH is 1. The number of aryl methyl sites for hydroxylation is 2. The normalized spacial score (nSPS) is 10.6. The fourth-order valence-electron chi connectivity index (χ4n) is 1.46. The number of hydrogen-bond acceptors (Lipinski definition) is 4. The van der Waals surface area contributed by atoms with Crippen molar-refractivity contribution >= 4 is 0 Å². The van der Waals surface area contributed by atoms with Crippen molar-refractivity contribution in [3.05, 3.63) is 41.7 Å². The first-order chi connectivity index (χ1) is 7.88. The molecular weight excluding hydrogens is 204 g/mol. The number of rotatable bonds is 5. The fourth-order valence-corrected chi connectivity index (χ4v) is 1.46. The van der Waals surface area contributed by atoms with E-state index in [4.69, 9.17) is 5.11 Å². The lowest BCUT2D eigenvalue weighted by atomic mass is 10.1. The van der Waals surface area contributed by atoms with E-state index in [1.54, 1.807) is 0 Å². The molecule has 0 aliphatic rings. The van der Waals surface area contributed by atoms with Gasteiger partial charge in [-0.15, -0.1) is 10.2 Å². The number of benzene rings is 1. The molecule has 2 rings (SSSR count). The molecule has 0 fully saturated rings. The molecule has 1 aromatic heterocycles. The van der Waals surface area contributed by atoms with E-state index >= 15 is 0 Å². The van der Waals surface area contributed by atoms with E-state index in [0.717, 1.165) is 18.7 Å². The van der Waals surface area contributed by atoms with Crippen molar-refractivity contribution in [1.29, 1.82) is 0 Å². The molecule has 0 saturated heterocycles. The summed E-state index contributed by atoms with van der Waals surface area (Å²) in [5.41, 5.74) is 1.26. The minimum atomic E-state index is 0.0362. The molecule has 0 aliphatic heterocycles. The summed E-state index contributed by atoms with van der Waals surface area (Å²) in [4.78, 5) is 1.42. The molecule has 0 radical (unpaired) electrons. The van der Waals surface area contributed by atoms with Crippen molar-refractivity contribution in [2.24, 2.45) is 0 Å². The van der Waals surface area contributed by atoms with Gasteiger partial charge in [0.15, 0.2) is 5.82 Å². The van der Waals surface area contributed by atoms with Crippen molar-refractivity contribution in [1.82, 2.24) is 20.2 Å². The molecular formula is C11H14N4O. The number of nitrogens with zero attached hydrogens (tertiary/aromatic N) is 4. The van der Waals surface area contributed by atoms with Crippen LogP contribution in [0.15, 0.2) is 30.3 Å². The second-order valence-corrected chi connectivity index (χ2v) is 3.51. The molecule has 1 heterocycles. The first-order valence-corrected chi connectivity index (χ1v) is 5.30. The Labute approximate surface area is 93.7 Å². The Morgan fingerprint density at radius 2 is 1.94 bits per heavy atom. The third kappa shape index (κ3) is 2.87. The van der Waals surface area contributed by atoms with E-state index < -0.39 is 0 Å². The molecule has 5 heteroatoms. The van der Waals surface area contributed by atoms with Crippen molar-refractivity contribution in [3.8, 4) is 0 Å². The van der Waals surface area contributed by atoms with Crippen LogP contribution in [-0.2, 0) is 19.4 Å². The van der Waals surface area contributed by atoms with Gasteiger partial charge in [0.1, 0.15) is 0 Å². The van der Waals surface area contributed by atoms with Gasteiger partial charge in [-0.2, -0.15) is 4.80 Å². The van der Waals surface area contributed by atoms with Gasteiger partial charge in [0, 0.05) is 6.42 Å². The molecule has 0 aliphatic carbocycles. The van der Waals surface area contributed by atoms with Gasteiger partial charge < -0.3 is 5.11 Å². The average Bonchev–Trinajstić information content (AvgIpc) is 2.76. The number of aliphatic hydroxyl groups is 1. The van der Waals surface area contributed by atoms with Crippen LogP contribution >= 0.6 is 0 Å². The van der Waals surface area contributed by atoms with Crippen molar-refractivity contribution in [2.45, 2.75) is 19.4 Å². The van der Waals surface area contributed by atoms with Gasteiger partial charge in [-0.25, -0.2) is 0 Å². The van der Waals surface area contributed by atoms with Crippen molar-refractivity contribution < 1.29 is 5.11 Å². The molecule has 1 aromatic carbocycles. The number of aromatic nitrogens is 4. The summed E-state index contributed by atoms with van der Waals surface area (Å²) in [6, 6.07) is 10.2. The van der Waals surface area contributed by atoms with Gasteiger partial charge in [-0.05, 0) is 17.2 Å². The Balaban J connectivity index is 1.89. The average molecular weight is 218 g/mol. The van der Waals surface area contributed by atoms with E-state index in [1.807, 2.05) is 18.2 Å². The van der Waals surface area contributed by atoms with Crippen LogP contribution in [0.5, 0.6) is 0 Å². The molecule has 2 aromatic rings. The Morgan fingerprint density at radius 3 is 2.69 bits per heavy atom. The largest absolute Gasteiger partial charge is 0.394 e. The van der Waals surface area contributed by atoms with E-state index in [0.29, 0.717) is 6.54 Å². The Kier molecular flexibility index (Phi) is 3.61. The highest BCUT2D eigenvalue weighted by Crippen LogP contribution is 2.02. The zero-order valence-electron chi connectivity index (χ0n) is 8.95. The van der Waals surface area contributed by atoms with E-state index in [9.17, 15) is 0 Å². The fraction of sp³-hybridized carbons (Fsp3) is 0.364. The monoisotopic (exact) mass is 218 g/mol. The van der Waals surface area contributed by atoms with E-state index in [1.165, 1.54) is 10.4 Å². The van der Waals surface area contributed by atoms with Crippen LogP contribution in [0.1, 0.15) is 11.4 Å². The lowest BCUT2D eigenvalue weighted by Gasteiger charge is -1.96. The minimum absolute atomic E-state index is 0.0362. The predicted octanol–water partition coefficient (Wildman–Crippen LogP) is 0.451. The topological polar surface area (TPSA) is 63.8 Å². The van der Waals surface area contributed by atoms with Gasteiger partial charge in [-0.1, -0.05) is 30.3 Å². The summed E-state index contributed by atoms with van der Waals surface area (Å²) in [6.45, 7) is 0.437. The Hall–Kier alpha value is -1.75. The highest BCUT2D eigenvalue weighted by Gasteiger charge is 2.02. The second kappa shape index (κ2) is 5.37. The highest BCUT2D eigenvalue weighted by atomic mass is 16.3. The first kappa shape index (κ1) is 10.8. The van der Waals surface area contributed by atoms with Crippen LogP contribution in [0.4, 0.5) is 0 Å². The molecule has 0 bridgehead atoms. The molecule has 0 spiro atoms. The third-order valence-corrected chi connectivity index (χ3v) is 2.27. The SMILES string of the molecule is OCCn1nnc(CCc2ccccc2)n1. The summed E-state index contributed by atoms with van der Waals surface area (Å²) < 4.78 is 0. The van der Waals surface area contributed by atoms with E-state index in [-0.39, 0.29) is 6.61 Å². The van der Waals surface area contributed by atoms with Crippen LogP contribution in [0.25, 0.3) is 0 Å². The van der Waals surface area contributed by atoms with Gasteiger partial charge in [-0.3, -0.25) is 0 Å². The van der Waals surface area contributed by atoms with Crippen LogP contribution < -0.4 is 0 Å². The molecule has 16 heavy (non-hydrogen) atoms. The zero-order chi connectivity index (χ0) is 11.2. The second-order valence-electron chi connectivity index (χ2n) is 3.51. The maximum Gasteiger partial charge on any atom is 0.175 e. The highest BCUT2D eigenvalue weighted by molar-refractivity contribution is 5.15. The van der Waals surface area contributed by atoms with Gasteiger partial charge in [0.2, 0.25) is 0 Å². The van der Waals surface area contributed by atoms with Crippen LogP contribution in [0.2, 0.25) is 0 Å². The lowest BCUT2D eigenvalue weighted by molar-refractivity contribution is 0.259. The number of tetrazole rings is 1. The molecule has 0 unspecified atom stereocenters. The molecule has 1 N–H and O–H groups in total. The van der Waals surface area contributed by atoms with Gasteiger partial charge in [0.25, 0.3) is 0 Å². The Bertz CT molecular complexity index is 427. The quantitative estimate of drug-likeness (QED) is 0.791. The van der Waals surface area contributed by atoms with E-state index in [2.05, 4.69) is 27.5 Å².